The van der Waals surface area contributed by atoms with Crippen LogP contribution in [-0.4, -0.2) is 29.6 Å². The maximum Gasteiger partial charge on any atom is 0.303 e. The fraction of sp³-hybridized carbons (Fsp3) is 0.462. The third-order valence-corrected chi connectivity index (χ3v) is 6.15. The summed E-state index contributed by atoms with van der Waals surface area (Å²) in [6, 6.07) is 9.87. The largest absolute Gasteiger partial charge is 0.481 e. The lowest BCUT2D eigenvalue weighted by Gasteiger charge is -2.28. The highest BCUT2D eigenvalue weighted by molar-refractivity contribution is 5.80. The number of aliphatic carboxylic acids is 1. The van der Waals surface area contributed by atoms with Crippen LogP contribution in [0.15, 0.2) is 36.4 Å². The first-order valence-electron chi connectivity index (χ1n) is 11.6. The molecule has 0 saturated heterocycles. The average Bonchev–Trinajstić information content (AvgIpc) is 2.76. The molecule has 178 valence electrons. The van der Waals surface area contributed by atoms with Gasteiger partial charge in [0.2, 0.25) is 5.91 Å². The normalized spacial score (nSPS) is 16.2. The first-order chi connectivity index (χ1) is 15.8. The highest BCUT2D eigenvalue weighted by Gasteiger charge is 2.21. The van der Waals surface area contributed by atoms with Crippen LogP contribution in [0, 0.1) is 11.6 Å². The number of benzene rings is 2. The van der Waals surface area contributed by atoms with Crippen molar-refractivity contribution in [2.45, 2.75) is 70.4 Å². The van der Waals surface area contributed by atoms with E-state index in [0.717, 1.165) is 31.7 Å². The van der Waals surface area contributed by atoms with Crippen molar-refractivity contribution in [1.29, 1.82) is 0 Å². The van der Waals surface area contributed by atoms with Gasteiger partial charge in [-0.2, -0.15) is 0 Å². The summed E-state index contributed by atoms with van der Waals surface area (Å²) in [4.78, 5) is 23.0. The molecule has 0 bridgehead atoms. The first kappa shape index (κ1) is 24.8. The Hall–Kier alpha value is -2.80. The summed E-state index contributed by atoms with van der Waals surface area (Å²) < 4.78 is 27.3. The van der Waals surface area contributed by atoms with Gasteiger partial charge in [-0.05, 0) is 79.5 Å². The number of halogens is 2. The maximum atomic E-state index is 13.6. The van der Waals surface area contributed by atoms with Crippen LogP contribution in [0.2, 0.25) is 0 Å². The van der Waals surface area contributed by atoms with Crippen LogP contribution < -0.4 is 10.6 Å². The minimum Gasteiger partial charge on any atom is -0.481 e. The van der Waals surface area contributed by atoms with E-state index in [1.54, 1.807) is 0 Å². The van der Waals surface area contributed by atoms with Gasteiger partial charge in [-0.25, -0.2) is 8.78 Å². The summed E-state index contributed by atoms with van der Waals surface area (Å²) in [5, 5.41) is 15.3. The number of rotatable bonds is 11. The minimum absolute atomic E-state index is 0.132. The second-order valence-corrected chi connectivity index (χ2v) is 8.71. The van der Waals surface area contributed by atoms with E-state index in [0.29, 0.717) is 18.5 Å². The summed E-state index contributed by atoms with van der Waals surface area (Å²) in [6.45, 7) is 2.75. The van der Waals surface area contributed by atoms with Gasteiger partial charge in [0, 0.05) is 24.6 Å². The van der Waals surface area contributed by atoms with E-state index in [1.165, 1.54) is 28.8 Å². The van der Waals surface area contributed by atoms with Crippen molar-refractivity contribution in [1.82, 2.24) is 10.6 Å². The first-order valence-corrected chi connectivity index (χ1v) is 11.6. The predicted octanol–water partition coefficient (Wildman–Crippen LogP) is 4.48. The Morgan fingerprint density at radius 3 is 2.55 bits per heavy atom. The summed E-state index contributed by atoms with van der Waals surface area (Å²) in [6.07, 6.45) is 4.61. The van der Waals surface area contributed by atoms with Crippen molar-refractivity contribution in [3.8, 4) is 0 Å². The zero-order valence-corrected chi connectivity index (χ0v) is 19.0. The number of amides is 1. The molecular formula is C26H32F2N2O3. The second kappa shape index (κ2) is 11.9. The summed E-state index contributed by atoms with van der Waals surface area (Å²) in [5.41, 5.74) is 4.45. The molecule has 1 aliphatic carbocycles. The van der Waals surface area contributed by atoms with Crippen LogP contribution in [0.5, 0.6) is 0 Å². The minimum atomic E-state index is -1.04. The van der Waals surface area contributed by atoms with Crippen molar-refractivity contribution in [2.75, 3.05) is 6.54 Å². The Bertz CT molecular complexity index is 960. The molecule has 0 fully saturated rings. The molecule has 1 aliphatic rings. The summed E-state index contributed by atoms with van der Waals surface area (Å²) in [7, 11) is 0. The number of hydrogen-bond donors (Lipinski definition) is 3. The van der Waals surface area contributed by atoms with Gasteiger partial charge in [-0.3, -0.25) is 9.59 Å². The predicted molar refractivity (Wildman–Crippen MR) is 123 cm³/mol. The molecule has 7 heteroatoms. The standard InChI is InChI=1S/C26H32F2N2O3/c1-2-17-6-7-19-4-3-5-24(23(19)15-17)29-11-10-22(30-25(31)8-9-26(32)33)14-18-12-20(27)16-21(28)13-18/h6-7,12-13,15-16,22,24,29H,2-5,8-11,14H2,1H3,(H,30,31)(H,32,33)/t22-,24+/m1/s1. The highest BCUT2D eigenvalue weighted by Crippen LogP contribution is 2.30. The molecule has 0 radical (unpaired) electrons. The second-order valence-electron chi connectivity index (χ2n) is 8.71. The number of aryl methyl sites for hydroxylation is 2. The summed E-state index contributed by atoms with van der Waals surface area (Å²) >= 11 is 0. The molecule has 5 nitrogen and oxygen atoms in total. The Kier molecular flexibility index (Phi) is 8.95. The van der Waals surface area contributed by atoms with Crippen LogP contribution in [0.3, 0.4) is 0 Å². The van der Waals surface area contributed by atoms with Gasteiger partial charge in [0.25, 0.3) is 0 Å². The molecule has 2 atom stereocenters. The topological polar surface area (TPSA) is 78.4 Å². The number of carbonyl (C=O) groups is 2. The molecule has 0 unspecified atom stereocenters. The van der Waals surface area contributed by atoms with Crippen LogP contribution in [-0.2, 0) is 28.9 Å². The maximum absolute atomic E-state index is 13.6. The lowest BCUT2D eigenvalue weighted by Crippen LogP contribution is -2.39. The van der Waals surface area contributed by atoms with Gasteiger partial charge in [-0.1, -0.05) is 25.1 Å². The molecule has 0 aliphatic heterocycles. The van der Waals surface area contributed by atoms with Crippen LogP contribution in [0.1, 0.15) is 67.3 Å². The Labute approximate surface area is 193 Å². The lowest BCUT2D eigenvalue weighted by molar-refractivity contribution is -0.138. The zero-order chi connectivity index (χ0) is 23.8. The molecule has 2 aromatic carbocycles. The molecule has 0 spiro atoms. The number of nitrogens with one attached hydrogen (secondary N) is 2. The van der Waals surface area contributed by atoms with Gasteiger partial charge >= 0.3 is 5.97 Å². The molecule has 3 N–H and O–H groups in total. The molecule has 0 heterocycles. The number of fused-ring (bicyclic) bond motifs is 1. The zero-order valence-electron chi connectivity index (χ0n) is 19.0. The smallest absolute Gasteiger partial charge is 0.303 e. The van der Waals surface area contributed by atoms with Gasteiger partial charge in [-0.15, -0.1) is 0 Å². The van der Waals surface area contributed by atoms with Crippen molar-refractivity contribution in [3.05, 3.63) is 70.3 Å². The number of hydrogen-bond acceptors (Lipinski definition) is 3. The highest BCUT2D eigenvalue weighted by atomic mass is 19.1. The fourth-order valence-electron chi connectivity index (χ4n) is 4.47. The average molecular weight is 459 g/mol. The molecule has 0 aromatic heterocycles. The van der Waals surface area contributed by atoms with E-state index < -0.39 is 17.6 Å². The van der Waals surface area contributed by atoms with Crippen LogP contribution in [0.25, 0.3) is 0 Å². The molecule has 33 heavy (non-hydrogen) atoms. The molecule has 1 amide bonds. The third-order valence-electron chi connectivity index (χ3n) is 6.15. The van der Waals surface area contributed by atoms with E-state index in [9.17, 15) is 18.4 Å². The van der Waals surface area contributed by atoms with Gasteiger partial charge in [0.15, 0.2) is 0 Å². The van der Waals surface area contributed by atoms with E-state index >= 15 is 0 Å². The molecule has 2 aromatic rings. The monoisotopic (exact) mass is 458 g/mol. The Balaban J connectivity index is 1.64. The fourth-order valence-corrected chi connectivity index (χ4v) is 4.47. The van der Waals surface area contributed by atoms with E-state index in [2.05, 4.69) is 35.8 Å². The number of carboxylic acids is 1. The lowest BCUT2D eigenvalue weighted by atomic mass is 9.86. The van der Waals surface area contributed by atoms with E-state index in [1.807, 2.05) is 0 Å². The van der Waals surface area contributed by atoms with E-state index in [-0.39, 0.29) is 37.3 Å². The molecular weight excluding hydrogens is 426 g/mol. The Morgan fingerprint density at radius 1 is 1.09 bits per heavy atom. The van der Waals surface area contributed by atoms with Crippen molar-refractivity contribution < 1.29 is 23.5 Å². The Morgan fingerprint density at radius 2 is 1.85 bits per heavy atom. The van der Waals surface area contributed by atoms with Crippen molar-refractivity contribution in [3.63, 3.8) is 0 Å². The van der Waals surface area contributed by atoms with Crippen LogP contribution >= 0.6 is 0 Å². The van der Waals surface area contributed by atoms with Gasteiger partial charge in [0.05, 0.1) is 6.42 Å². The van der Waals surface area contributed by atoms with Gasteiger partial charge in [0.1, 0.15) is 11.6 Å². The SMILES string of the molecule is CCc1ccc2c(c1)[C@@H](NCC[C@H](Cc1cc(F)cc(F)c1)NC(=O)CCC(=O)O)CCC2. The quantitative estimate of drug-likeness (QED) is 0.464. The van der Waals surface area contributed by atoms with E-state index in [4.69, 9.17) is 5.11 Å². The van der Waals surface area contributed by atoms with Crippen molar-refractivity contribution >= 4 is 11.9 Å². The molecule has 0 saturated carbocycles. The number of carboxylic acid groups (broad SMARTS) is 1. The number of carbonyl (C=O) groups excluding carboxylic acids is 1. The van der Waals surface area contributed by atoms with Crippen LogP contribution in [0.4, 0.5) is 8.78 Å². The van der Waals surface area contributed by atoms with Crippen molar-refractivity contribution in [2.24, 2.45) is 0 Å². The third kappa shape index (κ3) is 7.63. The van der Waals surface area contributed by atoms with Gasteiger partial charge < -0.3 is 15.7 Å². The summed E-state index contributed by atoms with van der Waals surface area (Å²) in [5.74, 6) is -2.75. The molecule has 3 rings (SSSR count).